The number of fused-ring (bicyclic) bond motifs is 1. The highest BCUT2D eigenvalue weighted by molar-refractivity contribution is 7.98. The second-order valence-corrected chi connectivity index (χ2v) is 9.62. The second-order valence-electron chi connectivity index (χ2n) is 7.97. The lowest BCUT2D eigenvalue weighted by Crippen LogP contribution is -2.10. The predicted octanol–water partition coefficient (Wildman–Crippen LogP) is 6.82. The Morgan fingerprint density at radius 2 is 1.65 bits per heavy atom. The highest BCUT2D eigenvalue weighted by Crippen LogP contribution is 2.37. The van der Waals surface area contributed by atoms with Crippen LogP contribution in [-0.4, -0.2) is 26.0 Å². The standard InChI is InChI=1S/C26H21Cl2N5S/c1-33-25(31-32-26(33)34-2)24(15-6-9-18(27)10-7-15)17-8-11-22-21(13-17)20(14-23(29)30-22)16-4-3-5-19(28)12-16/h3-14,24H,1-2H3,(H2,29,30). The van der Waals surface area contributed by atoms with E-state index in [1.807, 2.05) is 78.5 Å². The van der Waals surface area contributed by atoms with Gasteiger partial charge in [0.05, 0.1) is 11.4 Å². The maximum atomic E-state index is 6.30. The average Bonchev–Trinajstić information content (AvgIpc) is 3.20. The molecule has 0 aliphatic rings. The van der Waals surface area contributed by atoms with Gasteiger partial charge >= 0.3 is 0 Å². The van der Waals surface area contributed by atoms with Gasteiger partial charge in [0.15, 0.2) is 5.16 Å². The van der Waals surface area contributed by atoms with E-state index in [1.54, 1.807) is 11.8 Å². The molecule has 170 valence electrons. The van der Waals surface area contributed by atoms with Crippen LogP contribution in [0, 0.1) is 0 Å². The molecule has 0 aliphatic heterocycles. The van der Waals surface area contributed by atoms with E-state index < -0.39 is 0 Å². The van der Waals surface area contributed by atoms with Crippen LogP contribution in [0.1, 0.15) is 22.9 Å². The van der Waals surface area contributed by atoms with Gasteiger partial charge in [0, 0.05) is 22.5 Å². The number of rotatable bonds is 5. The molecule has 5 nitrogen and oxygen atoms in total. The number of halogens is 2. The molecule has 2 N–H and O–H groups in total. The molecule has 2 heterocycles. The van der Waals surface area contributed by atoms with Crippen LogP contribution in [0.5, 0.6) is 0 Å². The summed E-state index contributed by atoms with van der Waals surface area (Å²) in [5.74, 6) is 1.16. The van der Waals surface area contributed by atoms with Gasteiger partial charge in [-0.05, 0) is 71.0 Å². The van der Waals surface area contributed by atoms with Gasteiger partial charge < -0.3 is 10.3 Å². The number of nitrogen functional groups attached to an aromatic ring is 1. The van der Waals surface area contributed by atoms with E-state index in [0.29, 0.717) is 15.9 Å². The van der Waals surface area contributed by atoms with Crippen molar-refractivity contribution < 1.29 is 0 Å². The topological polar surface area (TPSA) is 69.6 Å². The van der Waals surface area contributed by atoms with Crippen molar-refractivity contribution in [2.45, 2.75) is 11.1 Å². The molecule has 0 saturated carbocycles. The van der Waals surface area contributed by atoms with E-state index in [-0.39, 0.29) is 5.92 Å². The van der Waals surface area contributed by atoms with Gasteiger partial charge in [0.1, 0.15) is 11.6 Å². The van der Waals surface area contributed by atoms with E-state index in [2.05, 4.69) is 27.3 Å². The van der Waals surface area contributed by atoms with Crippen LogP contribution < -0.4 is 5.73 Å². The zero-order valence-electron chi connectivity index (χ0n) is 18.5. The Balaban J connectivity index is 1.75. The summed E-state index contributed by atoms with van der Waals surface area (Å²) in [5.41, 5.74) is 11.1. The normalized spacial score (nSPS) is 12.2. The minimum Gasteiger partial charge on any atom is -0.384 e. The summed E-state index contributed by atoms with van der Waals surface area (Å²) in [4.78, 5) is 4.57. The monoisotopic (exact) mass is 505 g/mol. The number of nitrogens with two attached hydrogens (primary N) is 1. The van der Waals surface area contributed by atoms with Crippen LogP contribution in [0.25, 0.3) is 22.0 Å². The van der Waals surface area contributed by atoms with E-state index in [9.17, 15) is 0 Å². The Kier molecular flexibility index (Phi) is 6.21. The zero-order chi connectivity index (χ0) is 23.8. The summed E-state index contributed by atoms with van der Waals surface area (Å²) < 4.78 is 2.03. The molecule has 0 spiro atoms. The number of anilines is 1. The lowest BCUT2D eigenvalue weighted by molar-refractivity contribution is 0.718. The summed E-state index contributed by atoms with van der Waals surface area (Å²) in [7, 11) is 1.99. The molecular weight excluding hydrogens is 485 g/mol. The Labute approximate surface area is 211 Å². The van der Waals surface area contributed by atoms with Gasteiger partial charge in [0.25, 0.3) is 0 Å². The van der Waals surface area contributed by atoms with E-state index in [0.717, 1.165) is 44.1 Å². The third-order valence-electron chi connectivity index (χ3n) is 5.83. The highest BCUT2D eigenvalue weighted by Gasteiger charge is 2.24. The van der Waals surface area contributed by atoms with Gasteiger partial charge in [0.2, 0.25) is 0 Å². The first-order valence-corrected chi connectivity index (χ1v) is 12.6. The first-order valence-electron chi connectivity index (χ1n) is 10.6. The third kappa shape index (κ3) is 4.25. The molecule has 5 aromatic rings. The smallest absolute Gasteiger partial charge is 0.190 e. The first kappa shape index (κ1) is 22.7. The minimum absolute atomic E-state index is 0.148. The van der Waals surface area contributed by atoms with Crippen molar-refractivity contribution >= 4 is 51.7 Å². The molecule has 0 aliphatic carbocycles. The fourth-order valence-corrected chi connectivity index (χ4v) is 5.05. The maximum Gasteiger partial charge on any atom is 0.190 e. The molecular formula is C26H21Cl2N5S. The van der Waals surface area contributed by atoms with Gasteiger partial charge in [-0.1, -0.05) is 65.3 Å². The number of hydrogen-bond acceptors (Lipinski definition) is 5. The molecule has 0 radical (unpaired) electrons. The number of aromatic nitrogens is 4. The summed E-state index contributed by atoms with van der Waals surface area (Å²) in [6, 6.07) is 23.7. The van der Waals surface area contributed by atoms with Gasteiger partial charge in [-0.2, -0.15) is 0 Å². The lowest BCUT2D eigenvalue weighted by atomic mass is 9.88. The fraction of sp³-hybridized carbons (Fsp3) is 0.115. The van der Waals surface area contributed by atoms with Crippen LogP contribution in [0.15, 0.2) is 78.0 Å². The quantitative estimate of drug-likeness (QED) is 0.265. The molecule has 2 aromatic heterocycles. The summed E-state index contributed by atoms with van der Waals surface area (Å²) in [5, 5.41) is 12.1. The largest absolute Gasteiger partial charge is 0.384 e. The van der Waals surface area contributed by atoms with Crippen LogP contribution in [0.3, 0.4) is 0 Å². The Morgan fingerprint density at radius 1 is 0.882 bits per heavy atom. The minimum atomic E-state index is -0.148. The zero-order valence-corrected chi connectivity index (χ0v) is 20.9. The molecule has 1 atom stereocenters. The third-order valence-corrected chi connectivity index (χ3v) is 7.04. The fourth-order valence-electron chi connectivity index (χ4n) is 4.24. The van der Waals surface area contributed by atoms with E-state index >= 15 is 0 Å². The summed E-state index contributed by atoms with van der Waals surface area (Å²) in [6.07, 6.45) is 1.99. The molecule has 34 heavy (non-hydrogen) atoms. The lowest BCUT2D eigenvalue weighted by Gasteiger charge is -2.19. The van der Waals surface area contributed by atoms with Gasteiger partial charge in [-0.3, -0.25) is 0 Å². The van der Waals surface area contributed by atoms with Crippen molar-refractivity contribution in [2.75, 3.05) is 12.0 Å². The number of pyridine rings is 1. The van der Waals surface area contributed by atoms with Crippen molar-refractivity contribution in [3.63, 3.8) is 0 Å². The average molecular weight is 506 g/mol. The van der Waals surface area contributed by atoms with E-state index in [1.165, 1.54) is 0 Å². The van der Waals surface area contributed by atoms with Crippen molar-refractivity contribution in [1.29, 1.82) is 0 Å². The second kappa shape index (κ2) is 9.29. The van der Waals surface area contributed by atoms with Crippen molar-refractivity contribution in [3.05, 3.63) is 99.8 Å². The van der Waals surface area contributed by atoms with Crippen LogP contribution in [-0.2, 0) is 7.05 Å². The summed E-state index contributed by atoms with van der Waals surface area (Å²) >= 11 is 14.1. The van der Waals surface area contributed by atoms with Crippen LogP contribution in [0.4, 0.5) is 5.82 Å². The molecule has 0 amide bonds. The molecule has 0 fully saturated rings. The molecule has 5 rings (SSSR count). The van der Waals surface area contributed by atoms with Gasteiger partial charge in [-0.15, -0.1) is 10.2 Å². The predicted molar refractivity (Wildman–Crippen MR) is 142 cm³/mol. The van der Waals surface area contributed by atoms with E-state index in [4.69, 9.17) is 28.9 Å². The SMILES string of the molecule is CSc1nnc(C(c2ccc(Cl)cc2)c2ccc3nc(N)cc(-c4cccc(Cl)c4)c3c2)n1C. The first-order chi connectivity index (χ1) is 16.4. The molecule has 0 bridgehead atoms. The van der Waals surface area contributed by atoms with Crippen molar-refractivity contribution in [2.24, 2.45) is 7.05 Å². The molecule has 0 saturated heterocycles. The number of nitrogens with zero attached hydrogens (tertiary/aromatic N) is 4. The van der Waals surface area contributed by atoms with Gasteiger partial charge in [-0.25, -0.2) is 4.98 Å². The van der Waals surface area contributed by atoms with Crippen LogP contribution in [0.2, 0.25) is 10.0 Å². The Hall–Kier alpha value is -3.06. The van der Waals surface area contributed by atoms with Crippen molar-refractivity contribution in [1.82, 2.24) is 19.7 Å². The Morgan fingerprint density at radius 3 is 2.35 bits per heavy atom. The van der Waals surface area contributed by atoms with Crippen LogP contribution >= 0.6 is 35.0 Å². The molecule has 8 heteroatoms. The number of thioether (sulfide) groups is 1. The number of benzene rings is 3. The molecule has 3 aromatic carbocycles. The molecule has 1 unspecified atom stereocenters. The highest BCUT2D eigenvalue weighted by atomic mass is 35.5. The maximum absolute atomic E-state index is 6.30. The number of hydrogen-bond donors (Lipinski definition) is 1. The summed E-state index contributed by atoms with van der Waals surface area (Å²) in [6.45, 7) is 0. The Bertz CT molecular complexity index is 1500. The van der Waals surface area contributed by atoms with Crippen molar-refractivity contribution in [3.8, 4) is 11.1 Å².